The third-order valence-corrected chi connectivity index (χ3v) is 3.74. The fourth-order valence-corrected chi connectivity index (χ4v) is 2.40. The second-order valence-electron chi connectivity index (χ2n) is 5.49. The molecule has 3 aromatic rings. The molecule has 6 heteroatoms. The highest BCUT2D eigenvalue weighted by molar-refractivity contribution is 5.60. The van der Waals surface area contributed by atoms with Gasteiger partial charge in [0.25, 0.3) is 0 Å². The highest BCUT2D eigenvalue weighted by Crippen LogP contribution is 2.19. The van der Waals surface area contributed by atoms with Crippen LogP contribution in [0.5, 0.6) is 0 Å². The normalized spacial score (nSPS) is 10.6. The lowest BCUT2D eigenvalue weighted by Gasteiger charge is -2.12. The van der Waals surface area contributed by atoms with Crippen molar-refractivity contribution in [3.05, 3.63) is 76.2 Å². The Labute approximate surface area is 140 Å². The van der Waals surface area contributed by atoms with Crippen molar-refractivity contribution in [3.8, 4) is 11.4 Å². The zero-order valence-electron chi connectivity index (χ0n) is 13.7. The van der Waals surface area contributed by atoms with Crippen molar-refractivity contribution in [2.45, 2.75) is 13.5 Å². The minimum absolute atomic E-state index is 0.257. The van der Waals surface area contributed by atoms with Gasteiger partial charge in [-0.2, -0.15) is 9.97 Å². The quantitative estimate of drug-likeness (QED) is 0.705. The van der Waals surface area contributed by atoms with E-state index in [-0.39, 0.29) is 11.6 Å². The number of rotatable bonds is 5. The first-order valence-corrected chi connectivity index (χ1v) is 7.69. The van der Waals surface area contributed by atoms with E-state index < -0.39 is 0 Å². The molecule has 1 aromatic heterocycles. The minimum Gasteiger partial charge on any atom is -0.289 e. The maximum atomic E-state index is 12.1. The third kappa shape index (κ3) is 3.49. The lowest BCUT2D eigenvalue weighted by Crippen LogP contribution is -2.29. The number of nitrogens with zero attached hydrogens (tertiary/aromatic N) is 3. The van der Waals surface area contributed by atoms with Gasteiger partial charge in [-0.1, -0.05) is 54.6 Å². The molecule has 0 unspecified atom stereocenters. The van der Waals surface area contributed by atoms with Crippen molar-refractivity contribution in [2.75, 3.05) is 5.43 Å². The van der Waals surface area contributed by atoms with E-state index in [1.165, 1.54) is 4.57 Å². The summed E-state index contributed by atoms with van der Waals surface area (Å²) >= 11 is 0. The first kappa shape index (κ1) is 15.9. The van der Waals surface area contributed by atoms with Crippen molar-refractivity contribution in [1.29, 1.82) is 0 Å². The lowest BCUT2D eigenvalue weighted by molar-refractivity contribution is 0.746. The van der Waals surface area contributed by atoms with Crippen molar-refractivity contribution in [3.63, 3.8) is 0 Å². The maximum Gasteiger partial charge on any atom is 0.352 e. The van der Waals surface area contributed by atoms with Gasteiger partial charge in [-0.15, -0.1) is 0 Å². The van der Waals surface area contributed by atoms with E-state index in [1.807, 2.05) is 61.5 Å². The minimum atomic E-state index is -0.354. The van der Waals surface area contributed by atoms with Crippen LogP contribution in [0.15, 0.2) is 59.4 Å². The molecule has 0 saturated carbocycles. The highest BCUT2D eigenvalue weighted by Gasteiger charge is 2.11. The molecular weight excluding hydrogens is 302 g/mol. The van der Waals surface area contributed by atoms with Crippen LogP contribution in [-0.4, -0.2) is 14.5 Å². The smallest absolute Gasteiger partial charge is 0.289 e. The zero-order chi connectivity index (χ0) is 16.9. The Bertz CT molecular complexity index is 889. The van der Waals surface area contributed by atoms with Gasteiger partial charge in [0.15, 0.2) is 0 Å². The van der Waals surface area contributed by atoms with Crippen molar-refractivity contribution in [1.82, 2.24) is 20.0 Å². The third-order valence-electron chi connectivity index (χ3n) is 3.74. The molecule has 0 atom stereocenters. The molecule has 0 spiro atoms. The number of nitrogens with one attached hydrogen (secondary N) is 2. The number of benzene rings is 2. The summed E-state index contributed by atoms with van der Waals surface area (Å²) in [4.78, 5) is 20.5. The van der Waals surface area contributed by atoms with E-state index in [2.05, 4.69) is 20.8 Å². The standard InChI is InChI=1S/C18H19N5O/c1-13-8-6-7-11-15(13)16-20-17(21-18(24)23(16)2)22-19-12-14-9-4-3-5-10-14/h3-11,19H,12H2,1-2H3,(H,21,22,24). The molecule has 0 bridgehead atoms. The van der Waals surface area contributed by atoms with Gasteiger partial charge >= 0.3 is 5.69 Å². The molecule has 0 fully saturated rings. The van der Waals surface area contributed by atoms with Crippen molar-refractivity contribution >= 4 is 5.95 Å². The van der Waals surface area contributed by atoms with Gasteiger partial charge in [-0.3, -0.25) is 9.99 Å². The molecule has 0 aliphatic rings. The highest BCUT2D eigenvalue weighted by atomic mass is 16.1. The zero-order valence-corrected chi connectivity index (χ0v) is 13.7. The van der Waals surface area contributed by atoms with Gasteiger partial charge in [-0.25, -0.2) is 10.2 Å². The van der Waals surface area contributed by atoms with Gasteiger partial charge in [0.05, 0.1) is 0 Å². The van der Waals surface area contributed by atoms with E-state index in [4.69, 9.17) is 0 Å². The Morgan fingerprint density at radius 3 is 2.46 bits per heavy atom. The topological polar surface area (TPSA) is 71.8 Å². The summed E-state index contributed by atoms with van der Waals surface area (Å²) in [5.41, 5.74) is 8.66. The summed E-state index contributed by atoms with van der Waals surface area (Å²) in [6.07, 6.45) is 0. The average Bonchev–Trinajstić information content (AvgIpc) is 2.59. The van der Waals surface area contributed by atoms with E-state index in [1.54, 1.807) is 7.05 Å². The molecule has 122 valence electrons. The first-order valence-electron chi connectivity index (χ1n) is 7.69. The molecule has 0 amide bonds. The molecule has 3 rings (SSSR count). The summed E-state index contributed by atoms with van der Waals surface area (Å²) in [5.74, 6) is 0.837. The van der Waals surface area contributed by atoms with E-state index in [0.29, 0.717) is 12.4 Å². The summed E-state index contributed by atoms with van der Waals surface area (Å²) in [7, 11) is 1.67. The van der Waals surface area contributed by atoms with Crippen LogP contribution in [0, 0.1) is 6.92 Å². The van der Waals surface area contributed by atoms with Gasteiger partial charge in [0, 0.05) is 19.2 Å². The number of aromatic nitrogens is 3. The average molecular weight is 321 g/mol. The second kappa shape index (κ2) is 7.06. The molecule has 0 aliphatic carbocycles. The van der Waals surface area contributed by atoms with E-state index >= 15 is 0 Å². The molecule has 2 aromatic carbocycles. The Balaban J connectivity index is 1.82. The fraction of sp³-hybridized carbons (Fsp3) is 0.167. The number of hydrogen-bond donors (Lipinski definition) is 2. The SMILES string of the molecule is Cc1ccccc1-c1nc(NNCc2ccccc2)nc(=O)n1C. The lowest BCUT2D eigenvalue weighted by atomic mass is 10.1. The monoisotopic (exact) mass is 321 g/mol. The maximum absolute atomic E-state index is 12.1. The van der Waals surface area contributed by atoms with E-state index in [9.17, 15) is 4.79 Å². The molecule has 6 nitrogen and oxygen atoms in total. The van der Waals surface area contributed by atoms with Crippen molar-refractivity contribution < 1.29 is 0 Å². The Morgan fingerprint density at radius 1 is 1.00 bits per heavy atom. The molecule has 2 N–H and O–H groups in total. The molecule has 0 radical (unpaired) electrons. The van der Waals surface area contributed by atoms with Crippen molar-refractivity contribution in [2.24, 2.45) is 7.05 Å². The van der Waals surface area contributed by atoms with E-state index in [0.717, 1.165) is 16.7 Å². The summed E-state index contributed by atoms with van der Waals surface area (Å²) in [6, 6.07) is 17.8. The molecule has 0 saturated heterocycles. The Hall–Kier alpha value is -2.99. The van der Waals surface area contributed by atoms with Gasteiger partial charge < -0.3 is 0 Å². The molecule has 0 aliphatic heterocycles. The van der Waals surface area contributed by atoms with Crippen LogP contribution < -0.4 is 16.5 Å². The molecule has 1 heterocycles. The molecule has 24 heavy (non-hydrogen) atoms. The van der Waals surface area contributed by atoms with Gasteiger partial charge in [0.2, 0.25) is 5.95 Å². The molecular formula is C18H19N5O. The second-order valence-corrected chi connectivity index (χ2v) is 5.49. The van der Waals surface area contributed by atoms with Crippen LogP contribution >= 0.6 is 0 Å². The van der Waals surface area contributed by atoms with Crippen LogP contribution in [0.3, 0.4) is 0 Å². The van der Waals surface area contributed by atoms with Crippen LogP contribution in [-0.2, 0) is 13.6 Å². The first-order chi connectivity index (χ1) is 11.6. The Kier molecular flexibility index (Phi) is 4.67. The van der Waals surface area contributed by atoms with Gasteiger partial charge in [-0.05, 0) is 18.1 Å². The number of hydrazine groups is 1. The number of hydrogen-bond acceptors (Lipinski definition) is 5. The predicted molar refractivity (Wildman–Crippen MR) is 94.4 cm³/mol. The number of aryl methyl sites for hydroxylation is 1. The predicted octanol–water partition coefficient (Wildman–Crippen LogP) is 2.27. The van der Waals surface area contributed by atoms with Crippen LogP contribution in [0.1, 0.15) is 11.1 Å². The van der Waals surface area contributed by atoms with Crippen LogP contribution in [0.4, 0.5) is 5.95 Å². The Morgan fingerprint density at radius 2 is 1.71 bits per heavy atom. The van der Waals surface area contributed by atoms with Crippen LogP contribution in [0.25, 0.3) is 11.4 Å². The summed E-state index contributed by atoms with van der Waals surface area (Å²) in [5, 5.41) is 0. The van der Waals surface area contributed by atoms with Crippen LogP contribution in [0.2, 0.25) is 0 Å². The summed E-state index contributed by atoms with van der Waals surface area (Å²) < 4.78 is 1.45. The fourth-order valence-electron chi connectivity index (χ4n) is 2.40. The summed E-state index contributed by atoms with van der Waals surface area (Å²) in [6.45, 7) is 2.59. The largest absolute Gasteiger partial charge is 0.352 e. The number of anilines is 1. The van der Waals surface area contributed by atoms with Gasteiger partial charge in [0.1, 0.15) is 5.82 Å².